The summed E-state index contributed by atoms with van der Waals surface area (Å²) < 4.78 is 15.7. The molecule has 0 bridgehead atoms. The summed E-state index contributed by atoms with van der Waals surface area (Å²) in [5.41, 5.74) is 0. The molecule has 3 heteroatoms. The fourth-order valence-electron chi connectivity index (χ4n) is 2.23. The Hall–Kier alpha value is -1.35. The Balaban J connectivity index is 0.000000180. The van der Waals surface area contributed by atoms with Crippen molar-refractivity contribution in [1.29, 1.82) is 0 Å². The molecule has 0 N–H and O–H groups in total. The lowest BCUT2D eigenvalue weighted by atomic mass is 10.0. The first-order valence-electron chi connectivity index (χ1n) is 9.16. The van der Waals surface area contributed by atoms with Gasteiger partial charge in [-0.3, -0.25) is 4.42 Å². The predicted molar refractivity (Wildman–Crippen MR) is 101 cm³/mol. The Morgan fingerprint density at radius 2 is 1.62 bits per heavy atom. The van der Waals surface area contributed by atoms with Crippen LogP contribution in [0.3, 0.4) is 0 Å². The molecule has 0 aromatic rings. The van der Waals surface area contributed by atoms with Gasteiger partial charge in [0, 0.05) is 18.9 Å². The lowest BCUT2D eigenvalue weighted by molar-refractivity contribution is -0.501. The van der Waals surface area contributed by atoms with Crippen molar-refractivity contribution in [3.63, 3.8) is 0 Å². The van der Waals surface area contributed by atoms with Crippen molar-refractivity contribution in [1.82, 2.24) is 0 Å². The number of hydrogen-bond acceptors (Lipinski definition) is 2. The molecule has 0 aromatic heterocycles. The smallest absolute Gasteiger partial charge is 0.308 e. The van der Waals surface area contributed by atoms with E-state index >= 15 is 0 Å². The molecule has 136 valence electrons. The number of ether oxygens (including phenoxy) is 2. The van der Waals surface area contributed by atoms with Crippen molar-refractivity contribution in [3.8, 4) is 0 Å². The van der Waals surface area contributed by atoms with Gasteiger partial charge in [-0.25, -0.2) is 0 Å². The minimum atomic E-state index is 0.361. The van der Waals surface area contributed by atoms with Crippen molar-refractivity contribution in [2.45, 2.75) is 66.3 Å². The topological polar surface area (TPSA) is 29.8 Å². The second-order valence-electron chi connectivity index (χ2n) is 6.97. The normalized spacial score (nSPS) is 36.8. The zero-order chi connectivity index (χ0) is 17.9. The molecule has 0 aliphatic carbocycles. The van der Waals surface area contributed by atoms with Crippen molar-refractivity contribution in [2.75, 3.05) is 6.61 Å². The number of aldehydes is 1. The van der Waals surface area contributed by atoms with Crippen LogP contribution in [0.1, 0.15) is 48.0 Å². The molecule has 0 radical (unpaired) electrons. The highest BCUT2D eigenvalue weighted by atomic mass is 16.5. The van der Waals surface area contributed by atoms with E-state index in [2.05, 4.69) is 65.8 Å². The molecule has 0 amide bonds. The molecule has 0 aromatic carbocycles. The third kappa shape index (κ3) is 7.96. The first-order valence-corrected chi connectivity index (χ1v) is 9.16. The van der Waals surface area contributed by atoms with Crippen LogP contribution >= 0.6 is 0 Å². The molecule has 3 heterocycles. The van der Waals surface area contributed by atoms with Crippen LogP contribution in [0.25, 0.3) is 0 Å². The second-order valence-corrected chi connectivity index (χ2v) is 6.97. The summed E-state index contributed by atoms with van der Waals surface area (Å²) in [6.07, 6.45) is 16.3. The summed E-state index contributed by atoms with van der Waals surface area (Å²) in [6.45, 7) is 13.6. The van der Waals surface area contributed by atoms with Gasteiger partial charge >= 0.3 is 6.29 Å². The van der Waals surface area contributed by atoms with Crippen LogP contribution in [0.4, 0.5) is 0 Å². The molecule has 3 nitrogen and oxygen atoms in total. The summed E-state index contributed by atoms with van der Waals surface area (Å²) >= 11 is 0. The summed E-state index contributed by atoms with van der Waals surface area (Å²) in [7, 11) is 0. The Morgan fingerprint density at radius 3 is 2.00 bits per heavy atom. The van der Waals surface area contributed by atoms with E-state index < -0.39 is 0 Å². The third-order valence-electron chi connectivity index (χ3n) is 4.86. The van der Waals surface area contributed by atoms with Crippen molar-refractivity contribution in [2.24, 2.45) is 17.8 Å². The van der Waals surface area contributed by atoms with Gasteiger partial charge < -0.3 is 9.47 Å². The third-order valence-corrected chi connectivity index (χ3v) is 4.86. The Kier molecular flexibility index (Phi) is 9.70. The van der Waals surface area contributed by atoms with Crippen LogP contribution in [-0.4, -0.2) is 31.2 Å². The van der Waals surface area contributed by atoms with Crippen LogP contribution in [-0.2, 0) is 13.9 Å². The Morgan fingerprint density at radius 1 is 0.875 bits per heavy atom. The monoisotopic (exact) mass is 335 g/mol. The van der Waals surface area contributed by atoms with Gasteiger partial charge in [-0.15, -0.1) is 0 Å². The first kappa shape index (κ1) is 20.7. The van der Waals surface area contributed by atoms with Crippen molar-refractivity contribution < 1.29 is 13.9 Å². The number of hydrogen-bond donors (Lipinski definition) is 0. The van der Waals surface area contributed by atoms with Crippen LogP contribution in [0.2, 0.25) is 0 Å². The van der Waals surface area contributed by atoms with E-state index in [0.717, 1.165) is 6.61 Å². The van der Waals surface area contributed by atoms with Gasteiger partial charge in [0.15, 0.2) is 0 Å². The van der Waals surface area contributed by atoms with E-state index in [1.165, 1.54) is 6.42 Å². The molecule has 0 fully saturated rings. The molecule has 24 heavy (non-hydrogen) atoms. The van der Waals surface area contributed by atoms with E-state index in [4.69, 9.17) is 13.9 Å². The minimum Gasteiger partial charge on any atom is -0.498 e. The van der Waals surface area contributed by atoms with E-state index in [1.54, 1.807) is 12.5 Å². The van der Waals surface area contributed by atoms with Crippen molar-refractivity contribution in [3.05, 3.63) is 36.6 Å². The van der Waals surface area contributed by atoms with Gasteiger partial charge in [-0.05, 0) is 39.2 Å². The quantitative estimate of drug-likeness (QED) is 0.359. The summed E-state index contributed by atoms with van der Waals surface area (Å²) in [5.74, 6) is 1.86. The lowest BCUT2D eigenvalue weighted by Gasteiger charge is -2.21. The second kappa shape index (κ2) is 11.2. The standard InChI is InChI=1S/2C7H12O.C7H11O/c3*1-6-4-3-5-8-7(6)2/h3,5-7H,4H2,1-2H3;3-4,6-7H,5H2,1-2H3;3-7H,1-2H3/q;;+1. The fraction of sp³-hybridized carbons (Fsp3) is 0.667. The van der Waals surface area contributed by atoms with Gasteiger partial charge in [-0.1, -0.05) is 32.1 Å². The van der Waals surface area contributed by atoms with Crippen LogP contribution < -0.4 is 0 Å². The van der Waals surface area contributed by atoms with Crippen LogP contribution in [0.15, 0.2) is 36.6 Å². The van der Waals surface area contributed by atoms with Gasteiger partial charge in [0.1, 0.15) is 0 Å². The van der Waals surface area contributed by atoms with Gasteiger partial charge in [0.2, 0.25) is 0 Å². The van der Waals surface area contributed by atoms with Crippen LogP contribution in [0, 0.1) is 17.8 Å². The number of allylic oxidation sites excluding steroid dienone is 2. The molecule has 0 saturated heterocycles. The molecule has 6 unspecified atom stereocenters. The highest BCUT2D eigenvalue weighted by molar-refractivity contribution is 5.65. The first-order chi connectivity index (χ1) is 11.4. The van der Waals surface area contributed by atoms with E-state index in [9.17, 15) is 0 Å². The molecule has 0 saturated carbocycles. The van der Waals surface area contributed by atoms with Crippen LogP contribution in [0.5, 0.6) is 0 Å². The van der Waals surface area contributed by atoms with Gasteiger partial charge in [0.25, 0.3) is 6.10 Å². The molecular formula is C21H35O3+. The van der Waals surface area contributed by atoms with Gasteiger partial charge in [0.05, 0.1) is 31.0 Å². The molecule has 3 aliphatic rings. The molecule has 3 aliphatic heterocycles. The highest BCUT2D eigenvalue weighted by Crippen LogP contribution is 2.16. The zero-order valence-corrected chi connectivity index (χ0v) is 16.1. The maximum Gasteiger partial charge on any atom is 0.308 e. The predicted octanol–water partition coefficient (Wildman–Crippen LogP) is 4.86. The van der Waals surface area contributed by atoms with Gasteiger partial charge in [-0.2, -0.15) is 0 Å². The fourth-order valence-corrected chi connectivity index (χ4v) is 2.23. The minimum absolute atomic E-state index is 0.361. The lowest BCUT2D eigenvalue weighted by Crippen LogP contribution is -2.19. The number of carbonyl (C=O) groups excluding carboxylic acids is 1. The molecule has 3 rings (SSSR count). The summed E-state index contributed by atoms with van der Waals surface area (Å²) in [6, 6.07) is 0. The highest BCUT2D eigenvalue weighted by Gasteiger charge is 2.18. The van der Waals surface area contributed by atoms with E-state index in [1.807, 2.05) is 6.08 Å². The average molecular weight is 336 g/mol. The molecule has 6 atom stereocenters. The van der Waals surface area contributed by atoms with Crippen molar-refractivity contribution >= 4 is 6.29 Å². The molecule has 0 spiro atoms. The maximum absolute atomic E-state index is 5.30. The summed E-state index contributed by atoms with van der Waals surface area (Å²) in [5, 5.41) is 0. The number of rotatable bonds is 0. The van der Waals surface area contributed by atoms with E-state index in [-0.39, 0.29) is 0 Å². The SMILES string of the molecule is CC1C=CC=[O+]C1C.CC1C=CCOC1C.CC1CC=COC1C. The van der Waals surface area contributed by atoms with E-state index in [0.29, 0.717) is 36.1 Å². The maximum atomic E-state index is 5.30. The Bertz CT molecular complexity index is 422. The Labute approximate surface area is 148 Å². The zero-order valence-electron chi connectivity index (χ0n) is 16.1. The average Bonchev–Trinajstić information content (AvgIpc) is 2.57. The molecular weight excluding hydrogens is 300 g/mol. The largest absolute Gasteiger partial charge is 0.498 e. The summed E-state index contributed by atoms with van der Waals surface area (Å²) in [4.78, 5) is 0.